The van der Waals surface area contributed by atoms with Crippen molar-refractivity contribution < 1.29 is 4.42 Å². The van der Waals surface area contributed by atoms with Crippen LogP contribution in [0.3, 0.4) is 0 Å². The molecule has 0 bridgehead atoms. The molecule has 0 unspecified atom stereocenters. The van der Waals surface area contributed by atoms with Gasteiger partial charge in [-0.05, 0) is 56.8 Å². The van der Waals surface area contributed by atoms with Crippen molar-refractivity contribution in [3.05, 3.63) is 40.9 Å². The van der Waals surface area contributed by atoms with Crippen LogP contribution in [0, 0.1) is 19.8 Å². The Kier molecular flexibility index (Phi) is 4.89. The highest BCUT2D eigenvalue weighted by Crippen LogP contribution is 2.59. The van der Waals surface area contributed by atoms with Crippen molar-refractivity contribution >= 4 is 33.3 Å². The second kappa shape index (κ2) is 7.67. The number of rotatable bonds is 7. The lowest BCUT2D eigenvalue weighted by atomic mass is 9.95. The minimum Gasteiger partial charge on any atom is -0.440 e. The summed E-state index contributed by atoms with van der Waals surface area (Å²) < 4.78 is 8.77. The second-order valence-corrected chi connectivity index (χ2v) is 11.3. The van der Waals surface area contributed by atoms with Gasteiger partial charge in [-0.15, -0.1) is 21.5 Å². The SMILES string of the molecule is Cc1nc2cc([C@@]34C[C@H]3CN(CCCSc3nnc(-c5ocnc5C)n3C)C4)ccc2s1. The first-order valence-electron chi connectivity index (χ1n) is 11.1. The van der Waals surface area contributed by atoms with Crippen LogP contribution in [0.25, 0.3) is 21.8 Å². The largest absolute Gasteiger partial charge is 0.440 e. The molecule has 3 aromatic heterocycles. The molecule has 0 radical (unpaired) electrons. The zero-order valence-electron chi connectivity index (χ0n) is 18.5. The molecule has 32 heavy (non-hydrogen) atoms. The number of piperidine rings is 1. The Hall–Kier alpha value is -2.23. The molecule has 9 heteroatoms. The van der Waals surface area contributed by atoms with Crippen molar-refractivity contribution in [2.45, 2.75) is 37.3 Å². The molecule has 6 rings (SSSR count). The zero-order chi connectivity index (χ0) is 21.9. The first kappa shape index (κ1) is 20.4. The average molecular weight is 467 g/mol. The topological polar surface area (TPSA) is 72.9 Å². The van der Waals surface area contributed by atoms with Gasteiger partial charge in [0.05, 0.1) is 20.9 Å². The Bertz CT molecular complexity index is 1290. The highest BCUT2D eigenvalue weighted by atomic mass is 32.2. The van der Waals surface area contributed by atoms with Gasteiger partial charge >= 0.3 is 0 Å². The molecule has 2 atom stereocenters. The standard InChI is InChI=1S/C23H26N6OS2/c1-14-20(30-13-24-14)21-26-27-22(28(21)3)31-8-4-7-29-11-17-10-23(17,12-29)16-5-6-19-18(9-16)25-15(2)32-19/h5-6,9,13,17H,4,7-8,10-12H2,1-3H3/t17-,23-/m0/s1. The van der Waals surface area contributed by atoms with Gasteiger partial charge < -0.3 is 13.9 Å². The Balaban J connectivity index is 1.04. The van der Waals surface area contributed by atoms with Crippen molar-refractivity contribution in [2.24, 2.45) is 13.0 Å². The zero-order valence-corrected chi connectivity index (χ0v) is 20.2. The summed E-state index contributed by atoms with van der Waals surface area (Å²) in [6.07, 6.45) is 3.92. The summed E-state index contributed by atoms with van der Waals surface area (Å²) in [4.78, 5) is 11.5. The smallest absolute Gasteiger partial charge is 0.202 e. The van der Waals surface area contributed by atoms with Crippen LogP contribution in [0.15, 0.2) is 34.2 Å². The van der Waals surface area contributed by atoms with E-state index in [1.54, 1.807) is 23.1 Å². The van der Waals surface area contributed by atoms with E-state index in [1.807, 2.05) is 18.5 Å². The normalized spacial score (nSPS) is 22.7. The maximum Gasteiger partial charge on any atom is 0.202 e. The molecule has 4 heterocycles. The third-order valence-corrected chi connectivity index (χ3v) is 8.98. The van der Waals surface area contributed by atoms with Gasteiger partial charge in [0.15, 0.2) is 17.3 Å². The van der Waals surface area contributed by atoms with Crippen molar-refractivity contribution in [1.29, 1.82) is 0 Å². The minimum atomic E-state index is 0.367. The molecule has 1 aliphatic carbocycles. The van der Waals surface area contributed by atoms with Crippen molar-refractivity contribution in [3.8, 4) is 11.6 Å². The number of fused-ring (bicyclic) bond motifs is 2. The Labute approximate surface area is 195 Å². The first-order chi connectivity index (χ1) is 15.5. The number of thiazole rings is 1. The number of nitrogens with zero attached hydrogens (tertiary/aromatic N) is 6. The molecule has 1 saturated carbocycles. The van der Waals surface area contributed by atoms with Gasteiger partial charge in [-0.2, -0.15) is 0 Å². The summed E-state index contributed by atoms with van der Waals surface area (Å²) in [5.74, 6) is 3.26. The van der Waals surface area contributed by atoms with E-state index in [0.717, 1.165) is 46.3 Å². The predicted molar refractivity (Wildman–Crippen MR) is 127 cm³/mol. The molecule has 1 saturated heterocycles. The van der Waals surface area contributed by atoms with Gasteiger partial charge in [0.2, 0.25) is 5.82 Å². The molecule has 4 aromatic rings. The Morgan fingerprint density at radius 1 is 1.28 bits per heavy atom. The number of aromatic nitrogens is 5. The van der Waals surface area contributed by atoms with E-state index in [9.17, 15) is 0 Å². The van der Waals surface area contributed by atoms with Gasteiger partial charge in [-0.25, -0.2) is 9.97 Å². The molecule has 0 N–H and O–H groups in total. The van der Waals surface area contributed by atoms with E-state index >= 15 is 0 Å². The predicted octanol–water partition coefficient (Wildman–Crippen LogP) is 4.45. The number of aryl methyl sites for hydroxylation is 2. The number of benzene rings is 1. The van der Waals surface area contributed by atoms with Crippen LogP contribution < -0.4 is 0 Å². The Morgan fingerprint density at radius 2 is 2.19 bits per heavy atom. The van der Waals surface area contributed by atoms with E-state index in [4.69, 9.17) is 9.40 Å². The lowest BCUT2D eigenvalue weighted by Crippen LogP contribution is -2.27. The maximum atomic E-state index is 5.47. The van der Waals surface area contributed by atoms with Gasteiger partial charge in [0.25, 0.3) is 0 Å². The van der Waals surface area contributed by atoms with Crippen LogP contribution in [0.5, 0.6) is 0 Å². The molecule has 0 spiro atoms. The van der Waals surface area contributed by atoms with Crippen molar-refractivity contribution in [1.82, 2.24) is 29.6 Å². The summed E-state index contributed by atoms with van der Waals surface area (Å²) in [7, 11) is 1.98. The molecule has 1 aliphatic heterocycles. The summed E-state index contributed by atoms with van der Waals surface area (Å²) in [5, 5.41) is 10.7. The van der Waals surface area contributed by atoms with Gasteiger partial charge in [0.1, 0.15) is 0 Å². The summed E-state index contributed by atoms with van der Waals surface area (Å²) in [5.41, 5.74) is 3.87. The van der Waals surface area contributed by atoms with E-state index < -0.39 is 0 Å². The van der Waals surface area contributed by atoms with Crippen LogP contribution in [-0.4, -0.2) is 55.0 Å². The fourth-order valence-electron chi connectivity index (χ4n) is 5.16. The molecule has 0 amide bonds. The summed E-state index contributed by atoms with van der Waals surface area (Å²) in [6, 6.07) is 6.97. The van der Waals surface area contributed by atoms with Crippen LogP contribution in [-0.2, 0) is 12.5 Å². The molecule has 2 aliphatic rings. The third-order valence-electron chi connectivity index (χ3n) is 6.92. The van der Waals surface area contributed by atoms with E-state index in [1.165, 1.54) is 41.7 Å². The van der Waals surface area contributed by atoms with Crippen molar-refractivity contribution in [3.63, 3.8) is 0 Å². The lowest BCUT2D eigenvalue weighted by molar-refractivity contribution is 0.299. The summed E-state index contributed by atoms with van der Waals surface area (Å²) >= 11 is 3.55. The molecule has 166 valence electrons. The number of thioether (sulfide) groups is 1. The second-order valence-electron chi connectivity index (χ2n) is 9.04. The molecule has 2 fully saturated rings. The first-order valence-corrected chi connectivity index (χ1v) is 12.9. The number of hydrogen-bond donors (Lipinski definition) is 0. The molecule has 7 nitrogen and oxygen atoms in total. The van der Waals surface area contributed by atoms with Gasteiger partial charge in [-0.1, -0.05) is 17.8 Å². The fourth-order valence-corrected chi connectivity index (χ4v) is 6.81. The maximum absolute atomic E-state index is 5.47. The molecular weight excluding hydrogens is 440 g/mol. The lowest BCUT2D eigenvalue weighted by Gasteiger charge is -2.21. The fraction of sp³-hybridized carbons (Fsp3) is 0.478. The van der Waals surface area contributed by atoms with E-state index in [-0.39, 0.29) is 0 Å². The van der Waals surface area contributed by atoms with Gasteiger partial charge in [0, 0.05) is 31.3 Å². The number of oxazole rings is 1. The molecular formula is C23H26N6OS2. The summed E-state index contributed by atoms with van der Waals surface area (Å²) in [6.45, 7) is 7.54. The quantitative estimate of drug-likeness (QED) is 0.294. The third kappa shape index (κ3) is 3.38. The van der Waals surface area contributed by atoms with Crippen molar-refractivity contribution in [2.75, 3.05) is 25.4 Å². The highest BCUT2D eigenvalue weighted by Gasteiger charge is 2.60. The van der Waals surface area contributed by atoms with Gasteiger partial charge in [-0.3, -0.25) is 0 Å². The number of likely N-dealkylation sites (tertiary alicyclic amines) is 1. The van der Waals surface area contributed by atoms with Crippen LogP contribution in [0.4, 0.5) is 0 Å². The van der Waals surface area contributed by atoms with Crippen LogP contribution >= 0.6 is 23.1 Å². The minimum absolute atomic E-state index is 0.367. The van der Waals surface area contributed by atoms with Crippen LogP contribution in [0.2, 0.25) is 0 Å². The van der Waals surface area contributed by atoms with Crippen LogP contribution in [0.1, 0.15) is 29.1 Å². The van der Waals surface area contributed by atoms with E-state index in [0.29, 0.717) is 11.2 Å². The van der Waals surface area contributed by atoms with E-state index in [2.05, 4.69) is 45.2 Å². The average Bonchev–Trinajstić information content (AvgIpc) is 3.20. The monoisotopic (exact) mass is 466 g/mol. The molecule has 1 aromatic carbocycles. The Morgan fingerprint density at radius 3 is 3.03 bits per heavy atom. The highest BCUT2D eigenvalue weighted by molar-refractivity contribution is 7.99. The number of hydrogen-bond acceptors (Lipinski definition) is 8.